The van der Waals surface area contributed by atoms with Crippen molar-refractivity contribution in [2.75, 3.05) is 20.1 Å². The Labute approximate surface area is 168 Å². The van der Waals surface area contributed by atoms with E-state index in [1.165, 1.54) is 5.56 Å². The zero-order valence-corrected chi connectivity index (χ0v) is 18.1. The summed E-state index contributed by atoms with van der Waals surface area (Å²) < 4.78 is 5.87. The Balaban J connectivity index is 0.00000576. The monoisotopic (exact) mass is 462 g/mol. The molecule has 0 aliphatic rings. The van der Waals surface area contributed by atoms with Gasteiger partial charge in [-0.15, -0.1) is 24.0 Å². The van der Waals surface area contributed by atoms with E-state index in [0.717, 1.165) is 5.75 Å². The van der Waals surface area contributed by atoms with Gasteiger partial charge in [0.1, 0.15) is 11.9 Å². The van der Waals surface area contributed by atoms with Crippen LogP contribution in [0, 0.1) is 6.92 Å². The average Bonchev–Trinajstić information content (AvgIpc) is 2.50. The summed E-state index contributed by atoms with van der Waals surface area (Å²) in [5.74, 6) is 1.55. The van der Waals surface area contributed by atoms with E-state index in [2.05, 4.69) is 20.9 Å². The standard InChI is InChI=1S/C18H30N4O2.HI/c1-13(2)22-17(23)9-10-20-18(19-5)21-12-15(4)24-16-8-6-7-14(3)11-16;/h6-8,11,13,15H,9-10,12H2,1-5H3,(H,22,23)(H2,19,20,21);1H. The molecule has 7 heteroatoms. The zero-order chi connectivity index (χ0) is 17.9. The minimum Gasteiger partial charge on any atom is -0.489 e. The van der Waals surface area contributed by atoms with Gasteiger partial charge in [-0.05, 0) is 45.4 Å². The molecule has 0 aromatic heterocycles. The zero-order valence-electron chi connectivity index (χ0n) is 15.8. The number of aryl methyl sites for hydroxylation is 1. The third-order valence-electron chi connectivity index (χ3n) is 3.20. The Kier molecular flexibility index (Phi) is 12.0. The number of hydrogen-bond donors (Lipinski definition) is 3. The summed E-state index contributed by atoms with van der Waals surface area (Å²) in [5, 5.41) is 9.18. The Hall–Kier alpha value is -1.51. The van der Waals surface area contributed by atoms with Crippen LogP contribution in [-0.4, -0.2) is 44.1 Å². The lowest BCUT2D eigenvalue weighted by molar-refractivity contribution is -0.121. The SMILES string of the molecule is CN=C(NCCC(=O)NC(C)C)NCC(C)Oc1cccc(C)c1.I. The molecule has 25 heavy (non-hydrogen) atoms. The summed E-state index contributed by atoms with van der Waals surface area (Å²) in [5.41, 5.74) is 1.17. The highest BCUT2D eigenvalue weighted by molar-refractivity contribution is 14.0. The van der Waals surface area contributed by atoms with Crippen LogP contribution in [0.3, 0.4) is 0 Å². The lowest BCUT2D eigenvalue weighted by atomic mass is 10.2. The van der Waals surface area contributed by atoms with E-state index in [4.69, 9.17) is 4.74 Å². The van der Waals surface area contributed by atoms with Crippen LogP contribution in [0.1, 0.15) is 32.8 Å². The van der Waals surface area contributed by atoms with Gasteiger partial charge in [0.2, 0.25) is 5.91 Å². The molecule has 0 fully saturated rings. The van der Waals surface area contributed by atoms with E-state index < -0.39 is 0 Å². The van der Waals surface area contributed by atoms with Crippen LogP contribution in [0.2, 0.25) is 0 Å². The molecule has 0 saturated heterocycles. The molecule has 0 saturated carbocycles. The fraction of sp³-hybridized carbons (Fsp3) is 0.556. The molecule has 0 heterocycles. The van der Waals surface area contributed by atoms with Crippen molar-refractivity contribution in [2.24, 2.45) is 4.99 Å². The molecule has 1 aromatic rings. The van der Waals surface area contributed by atoms with Crippen molar-refractivity contribution in [3.8, 4) is 5.75 Å². The van der Waals surface area contributed by atoms with Crippen molar-refractivity contribution < 1.29 is 9.53 Å². The minimum atomic E-state index is -0.00501. The van der Waals surface area contributed by atoms with Gasteiger partial charge in [-0.3, -0.25) is 9.79 Å². The fourth-order valence-corrected chi connectivity index (χ4v) is 2.11. The molecule has 0 aliphatic carbocycles. The predicted octanol–water partition coefficient (Wildman–Crippen LogP) is 2.46. The summed E-state index contributed by atoms with van der Waals surface area (Å²) in [6.45, 7) is 9.08. The van der Waals surface area contributed by atoms with Crippen molar-refractivity contribution >= 4 is 35.8 Å². The van der Waals surface area contributed by atoms with Gasteiger partial charge < -0.3 is 20.7 Å². The maximum absolute atomic E-state index is 11.6. The number of guanidine groups is 1. The molecular weight excluding hydrogens is 431 g/mol. The second-order valence-electron chi connectivity index (χ2n) is 6.10. The second-order valence-corrected chi connectivity index (χ2v) is 6.10. The minimum absolute atomic E-state index is 0. The molecule has 142 valence electrons. The number of carbonyl (C=O) groups excluding carboxylic acids is 1. The number of aliphatic imine (C=N–C) groups is 1. The lowest BCUT2D eigenvalue weighted by Crippen LogP contribution is -2.43. The molecule has 0 bridgehead atoms. The second kappa shape index (κ2) is 12.8. The normalized spacial score (nSPS) is 12.2. The summed E-state index contributed by atoms with van der Waals surface area (Å²) in [7, 11) is 1.70. The number of hydrogen-bond acceptors (Lipinski definition) is 3. The third-order valence-corrected chi connectivity index (χ3v) is 3.20. The molecule has 1 unspecified atom stereocenters. The first kappa shape index (κ1) is 23.5. The molecular formula is C18H31IN4O2. The molecule has 3 N–H and O–H groups in total. The number of nitrogens with one attached hydrogen (secondary N) is 3. The number of halogens is 1. The van der Waals surface area contributed by atoms with Crippen LogP contribution in [0.4, 0.5) is 0 Å². The van der Waals surface area contributed by atoms with Crippen LogP contribution in [0.15, 0.2) is 29.3 Å². The highest BCUT2D eigenvalue weighted by Crippen LogP contribution is 2.13. The maximum Gasteiger partial charge on any atom is 0.221 e. The Morgan fingerprint density at radius 3 is 2.56 bits per heavy atom. The first-order chi connectivity index (χ1) is 11.4. The average molecular weight is 462 g/mol. The van der Waals surface area contributed by atoms with Crippen LogP contribution in [0.5, 0.6) is 5.75 Å². The summed E-state index contributed by atoms with van der Waals surface area (Å²) in [6.07, 6.45) is 0.406. The van der Waals surface area contributed by atoms with Crippen molar-refractivity contribution in [1.82, 2.24) is 16.0 Å². The van der Waals surface area contributed by atoms with Gasteiger partial charge in [-0.25, -0.2) is 0 Å². The molecule has 0 radical (unpaired) electrons. The number of amides is 1. The van der Waals surface area contributed by atoms with Gasteiger partial charge in [0.15, 0.2) is 5.96 Å². The van der Waals surface area contributed by atoms with E-state index in [1.54, 1.807) is 7.05 Å². The molecule has 6 nitrogen and oxygen atoms in total. The van der Waals surface area contributed by atoms with Crippen molar-refractivity contribution in [3.05, 3.63) is 29.8 Å². The van der Waals surface area contributed by atoms with Crippen LogP contribution in [0.25, 0.3) is 0 Å². The maximum atomic E-state index is 11.6. The van der Waals surface area contributed by atoms with Gasteiger partial charge in [0, 0.05) is 26.1 Å². The third kappa shape index (κ3) is 10.9. The largest absolute Gasteiger partial charge is 0.489 e. The number of rotatable bonds is 8. The molecule has 1 aromatic carbocycles. The first-order valence-electron chi connectivity index (χ1n) is 8.38. The number of carbonyl (C=O) groups is 1. The van der Waals surface area contributed by atoms with E-state index in [-0.39, 0.29) is 42.0 Å². The van der Waals surface area contributed by atoms with Crippen molar-refractivity contribution in [2.45, 2.75) is 46.3 Å². The van der Waals surface area contributed by atoms with Gasteiger partial charge in [-0.1, -0.05) is 12.1 Å². The van der Waals surface area contributed by atoms with E-state index in [9.17, 15) is 4.79 Å². The van der Waals surface area contributed by atoms with E-state index in [1.807, 2.05) is 52.0 Å². The fourth-order valence-electron chi connectivity index (χ4n) is 2.11. The van der Waals surface area contributed by atoms with Crippen LogP contribution in [-0.2, 0) is 4.79 Å². The summed E-state index contributed by atoms with van der Waals surface area (Å²) >= 11 is 0. The molecule has 0 spiro atoms. The topological polar surface area (TPSA) is 74.8 Å². The van der Waals surface area contributed by atoms with E-state index >= 15 is 0 Å². The van der Waals surface area contributed by atoms with Gasteiger partial charge >= 0.3 is 0 Å². The smallest absolute Gasteiger partial charge is 0.221 e. The molecule has 1 rings (SSSR count). The number of benzene rings is 1. The summed E-state index contributed by atoms with van der Waals surface area (Å²) in [4.78, 5) is 15.7. The van der Waals surface area contributed by atoms with Gasteiger partial charge in [0.05, 0.1) is 6.54 Å². The van der Waals surface area contributed by atoms with E-state index in [0.29, 0.717) is 25.5 Å². The molecule has 1 atom stereocenters. The predicted molar refractivity (Wildman–Crippen MR) is 114 cm³/mol. The Morgan fingerprint density at radius 1 is 1.24 bits per heavy atom. The number of ether oxygens (including phenoxy) is 1. The van der Waals surface area contributed by atoms with Gasteiger partial charge in [-0.2, -0.15) is 0 Å². The van der Waals surface area contributed by atoms with Gasteiger partial charge in [0.25, 0.3) is 0 Å². The highest BCUT2D eigenvalue weighted by Gasteiger charge is 2.07. The first-order valence-corrected chi connectivity index (χ1v) is 8.38. The highest BCUT2D eigenvalue weighted by atomic mass is 127. The molecule has 1 amide bonds. The summed E-state index contributed by atoms with van der Waals surface area (Å²) in [6, 6.07) is 8.14. The Morgan fingerprint density at radius 2 is 1.96 bits per heavy atom. The van der Waals surface area contributed by atoms with Crippen molar-refractivity contribution in [3.63, 3.8) is 0 Å². The van der Waals surface area contributed by atoms with Crippen LogP contribution < -0.4 is 20.7 Å². The lowest BCUT2D eigenvalue weighted by Gasteiger charge is -2.18. The van der Waals surface area contributed by atoms with Crippen LogP contribution >= 0.6 is 24.0 Å². The molecule has 0 aliphatic heterocycles. The quantitative estimate of drug-likeness (QED) is 0.315. The van der Waals surface area contributed by atoms with Crippen molar-refractivity contribution in [1.29, 1.82) is 0 Å². The Bertz CT molecular complexity index is 550. The number of nitrogens with zero attached hydrogens (tertiary/aromatic N) is 1.